The smallest absolute Gasteiger partial charge is 0.328 e. The molecule has 4 nitrogen and oxygen atoms in total. The Labute approximate surface area is 123 Å². The highest BCUT2D eigenvalue weighted by Crippen LogP contribution is 2.33. The van der Waals surface area contributed by atoms with Crippen molar-refractivity contribution in [3.8, 4) is 0 Å². The molecular weight excluding hydrogens is 287 g/mol. The number of anilines is 2. The number of carbonyl (C=O) groups excluding carboxylic acids is 1. The summed E-state index contributed by atoms with van der Waals surface area (Å²) in [6.07, 6.45) is 0.615. The average molecular weight is 305 g/mol. The number of esters is 1. The van der Waals surface area contributed by atoms with Crippen molar-refractivity contribution in [1.82, 2.24) is 0 Å². The molecule has 0 heterocycles. The molecule has 0 radical (unpaired) electrons. The summed E-state index contributed by atoms with van der Waals surface area (Å²) in [4.78, 5) is 11.7. The molecule has 0 fully saturated rings. The van der Waals surface area contributed by atoms with E-state index >= 15 is 0 Å². The second-order valence-corrected chi connectivity index (χ2v) is 5.52. The number of benzene rings is 1. The molecule has 0 saturated carbocycles. The van der Waals surface area contributed by atoms with Crippen LogP contribution in [-0.4, -0.2) is 19.1 Å². The number of nitrogens with two attached hydrogens (primary N) is 1. The van der Waals surface area contributed by atoms with E-state index in [9.17, 15) is 4.79 Å². The third-order valence-electron chi connectivity index (χ3n) is 2.58. The lowest BCUT2D eigenvalue weighted by atomic mass is 10.0. The molecule has 106 valence electrons. The van der Waals surface area contributed by atoms with Crippen molar-refractivity contribution in [3.63, 3.8) is 0 Å². The average Bonchev–Trinajstić information content (AvgIpc) is 2.30. The van der Waals surface area contributed by atoms with Crippen LogP contribution in [0.1, 0.15) is 20.3 Å². The minimum absolute atomic E-state index is 0.322. The summed E-state index contributed by atoms with van der Waals surface area (Å²) in [6, 6.07) is 2.67. The first-order chi connectivity index (χ1) is 8.85. The number of hydrogen-bond acceptors (Lipinski definition) is 4. The Morgan fingerprint density at radius 1 is 1.37 bits per heavy atom. The van der Waals surface area contributed by atoms with Crippen LogP contribution in [0.2, 0.25) is 10.0 Å². The van der Waals surface area contributed by atoms with Crippen LogP contribution in [0, 0.1) is 5.92 Å². The summed E-state index contributed by atoms with van der Waals surface area (Å²) in [5.41, 5.74) is 6.60. The van der Waals surface area contributed by atoms with E-state index in [1.54, 1.807) is 12.1 Å². The molecule has 0 bridgehead atoms. The number of carbonyl (C=O) groups is 1. The number of halogens is 2. The summed E-state index contributed by atoms with van der Waals surface area (Å²) >= 11 is 12.2. The second-order valence-electron chi connectivity index (χ2n) is 4.71. The molecule has 19 heavy (non-hydrogen) atoms. The molecule has 0 amide bonds. The molecule has 0 aliphatic rings. The van der Waals surface area contributed by atoms with Gasteiger partial charge in [0.25, 0.3) is 0 Å². The van der Waals surface area contributed by atoms with Gasteiger partial charge in [-0.25, -0.2) is 4.79 Å². The zero-order valence-corrected chi connectivity index (χ0v) is 12.7. The van der Waals surface area contributed by atoms with E-state index < -0.39 is 6.04 Å². The van der Waals surface area contributed by atoms with Crippen molar-refractivity contribution in [2.75, 3.05) is 18.2 Å². The van der Waals surface area contributed by atoms with E-state index in [0.29, 0.717) is 33.8 Å². The van der Waals surface area contributed by atoms with Crippen LogP contribution >= 0.6 is 23.2 Å². The first-order valence-corrected chi connectivity index (χ1v) is 6.69. The normalized spacial score (nSPS) is 12.3. The first-order valence-electron chi connectivity index (χ1n) is 5.94. The number of nitrogens with one attached hydrogen (secondary N) is 1. The van der Waals surface area contributed by atoms with Crippen molar-refractivity contribution >= 4 is 40.5 Å². The van der Waals surface area contributed by atoms with Crippen molar-refractivity contribution in [2.24, 2.45) is 5.92 Å². The Morgan fingerprint density at radius 2 is 1.89 bits per heavy atom. The third kappa shape index (κ3) is 4.48. The second kappa shape index (κ2) is 6.87. The molecule has 1 unspecified atom stereocenters. The third-order valence-corrected chi connectivity index (χ3v) is 3.17. The topological polar surface area (TPSA) is 64.3 Å². The zero-order valence-electron chi connectivity index (χ0n) is 11.2. The highest BCUT2D eigenvalue weighted by atomic mass is 35.5. The number of ether oxygens (including phenoxy) is 1. The maximum atomic E-state index is 11.7. The molecule has 0 saturated heterocycles. The molecule has 0 aliphatic heterocycles. The number of methoxy groups -OCH3 is 1. The van der Waals surface area contributed by atoms with Gasteiger partial charge in [0.1, 0.15) is 6.04 Å². The van der Waals surface area contributed by atoms with E-state index in [-0.39, 0.29) is 5.97 Å². The van der Waals surface area contributed by atoms with Crippen LogP contribution in [0.25, 0.3) is 0 Å². The zero-order chi connectivity index (χ0) is 14.6. The van der Waals surface area contributed by atoms with Gasteiger partial charge in [-0.2, -0.15) is 0 Å². The van der Waals surface area contributed by atoms with Crippen LogP contribution in [0.3, 0.4) is 0 Å². The van der Waals surface area contributed by atoms with E-state index in [4.69, 9.17) is 33.7 Å². The van der Waals surface area contributed by atoms with Crippen LogP contribution in [0.15, 0.2) is 12.1 Å². The fourth-order valence-corrected chi connectivity index (χ4v) is 2.35. The minimum Gasteiger partial charge on any atom is -0.467 e. The summed E-state index contributed by atoms with van der Waals surface area (Å²) in [7, 11) is 1.35. The minimum atomic E-state index is -0.497. The molecule has 0 aliphatic carbocycles. The molecule has 1 atom stereocenters. The fraction of sp³-hybridized carbons (Fsp3) is 0.462. The predicted octanol–water partition coefficient (Wildman–Crippen LogP) is 3.58. The standard InChI is InChI=1S/C13H18Cl2N2O2/c1-7(2)4-11(13(18)19-3)17-12-9(14)5-8(16)6-10(12)15/h5-7,11,17H,4,16H2,1-3H3. The van der Waals surface area contributed by atoms with Crippen molar-refractivity contribution in [2.45, 2.75) is 26.3 Å². The lowest BCUT2D eigenvalue weighted by Crippen LogP contribution is -2.32. The van der Waals surface area contributed by atoms with Gasteiger partial charge >= 0.3 is 5.97 Å². The van der Waals surface area contributed by atoms with Crippen molar-refractivity contribution in [1.29, 1.82) is 0 Å². The lowest BCUT2D eigenvalue weighted by Gasteiger charge is -2.21. The molecule has 0 aromatic heterocycles. The van der Waals surface area contributed by atoms with Gasteiger partial charge in [-0.15, -0.1) is 0 Å². The Hall–Kier alpha value is -1.13. The molecular formula is C13H18Cl2N2O2. The molecule has 1 rings (SSSR count). The number of rotatable bonds is 5. The fourth-order valence-electron chi connectivity index (χ4n) is 1.73. The highest BCUT2D eigenvalue weighted by Gasteiger charge is 2.22. The van der Waals surface area contributed by atoms with Crippen LogP contribution in [0.4, 0.5) is 11.4 Å². The van der Waals surface area contributed by atoms with Gasteiger partial charge < -0.3 is 15.8 Å². The summed E-state index contributed by atoms with van der Waals surface area (Å²) in [5, 5.41) is 3.79. The van der Waals surface area contributed by atoms with Crippen molar-refractivity contribution in [3.05, 3.63) is 22.2 Å². The summed E-state index contributed by atoms with van der Waals surface area (Å²) < 4.78 is 4.78. The van der Waals surface area contributed by atoms with Gasteiger partial charge in [-0.05, 0) is 24.5 Å². The van der Waals surface area contributed by atoms with Gasteiger partial charge in [0.15, 0.2) is 0 Å². The molecule has 6 heteroatoms. The van der Waals surface area contributed by atoms with Gasteiger partial charge in [0.2, 0.25) is 0 Å². The molecule has 1 aromatic rings. The SMILES string of the molecule is COC(=O)C(CC(C)C)Nc1c(Cl)cc(N)cc1Cl. The Balaban J connectivity index is 2.99. The maximum Gasteiger partial charge on any atom is 0.328 e. The van der Waals surface area contributed by atoms with Gasteiger partial charge in [0, 0.05) is 5.69 Å². The quantitative estimate of drug-likeness (QED) is 0.645. The molecule has 1 aromatic carbocycles. The Morgan fingerprint density at radius 3 is 2.32 bits per heavy atom. The van der Waals surface area contributed by atoms with Crippen LogP contribution in [0.5, 0.6) is 0 Å². The Kier molecular flexibility index (Phi) is 5.76. The van der Waals surface area contributed by atoms with E-state index in [2.05, 4.69) is 5.32 Å². The maximum absolute atomic E-state index is 11.7. The van der Waals surface area contributed by atoms with Gasteiger partial charge in [-0.1, -0.05) is 37.0 Å². The monoisotopic (exact) mass is 304 g/mol. The Bertz CT molecular complexity index is 441. The summed E-state index contributed by atoms with van der Waals surface area (Å²) in [5.74, 6) is -0.0272. The first kappa shape index (κ1) is 15.9. The van der Waals surface area contributed by atoms with Crippen molar-refractivity contribution < 1.29 is 9.53 Å². The van der Waals surface area contributed by atoms with E-state index in [1.807, 2.05) is 13.8 Å². The van der Waals surface area contributed by atoms with E-state index in [0.717, 1.165) is 0 Å². The van der Waals surface area contributed by atoms with Crippen LogP contribution < -0.4 is 11.1 Å². The van der Waals surface area contributed by atoms with Gasteiger partial charge in [-0.3, -0.25) is 0 Å². The highest BCUT2D eigenvalue weighted by molar-refractivity contribution is 6.39. The van der Waals surface area contributed by atoms with Gasteiger partial charge in [0.05, 0.1) is 22.8 Å². The number of hydrogen-bond donors (Lipinski definition) is 2. The van der Waals surface area contributed by atoms with Crippen LogP contribution in [-0.2, 0) is 9.53 Å². The summed E-state index contributed by atoms with van der Waals surface area (Å²) in [6.45, 7) is 4.04. The lowest BCUT2D eigenvalue weighted by molar-refractivity contribution is -0.141. The largest absolute Gasteiger partial charge is 0.467 e. The predicted molar refractivity (Wildman–Crippen MR) is 79.8 cm³/mol. The molecule has 3 N–H and O–H groups in total. The van der Waals surface area contributed by atoms with E-state index in [1.165, 1.54) is 7.11 Å². The number of nitrogen functional groups attached to an aromatic ring is 1. The molecule has 0 spiro atoms.